The largest absolute Gasteiger partial charge is 0.300 e. The average Bonchev–Trinajstić information content (AvgIpc) is 3.36. The topological polar surface area (TPSA) is 147 Å². The van der Waals surface area contributed by atoms with Crippen LogP contribution in [0.4, 0.5) is 22.7 Å². The Morgan fingerprint density at radius 1 is 0.629 bits per heavy atom. The zero-order valence-corrected chi connectivity index (χ0v) is 20.8. The van der Waals surface area contributed by atoms with E-state index in [0.29, 0.717) is 11.4 Å². The normalized spacial score (nSPS) is 11.7. The molecular weight excluding hydrogens is 484 g/mol. The van der Waals surface area contributed by atoms with Crippen LogP contribution < -0.4 is 11.1 Å². The molecule has 180 valence electrons. The summed E-state index contributed by atoms with van der Waals surface area (Å²) in [6, 6.07) is 15.5. The average molecular weight is 509 g/mol. The van der Waals surface area contributed by atoms with E-state index in [-0.39, 0.29) is 22.5 Å². The van der Waals surface area contributed by atoms with Crippen molar-refractivity contribution in [2.45, 2.75) is 30.1 Å². The molecule has 0 saturated carbocycles. The Morgan fingerprint density at radius 2 is 1.06 bits per heavy atom. The number of benzene rings is 2. The third-order valence-corrected chi connectivity index (χ3v) is 7.22. The lowest BCUT2D eigenvalue weighted by Crippen LogP contribution is -1.96. The molecule has 12 heteroatoms. The molecule has 35 heavy (non-hydrogen) atoms. The van der Waals surface area contributed by atoms with Crippen LogP contribution in [0.25, 0.3) is 0 Å². The van der Waals surface area contributed by atoms with Crippen LogP contribution in [0.5, 0.6) is 0 Å². The van der Waals surface area contributed by atoms with E-state index in [1.54, 1.807) is 37.4 Å². The van der Waals surface area contributed by atoms with Crippen LogP contribution in [0.2, 0.25) is 0 Å². The highest BCUT2D eigenvalue weighted by Crippen LogP contribution is 2.33. The van der Waals surface area contributed by atoms with Crippen molar-refractivity contribution in [1.29, 1.82) is 0 Å². The summed E-state index contributed by atoms with van der Waals surface area (Å²) >= 11 is 3.40. The molecule has 2 aromatic heterocycles. The highest BCUT2D eigenvalue weighted by Gasteiger charge is 2.08. The standard InChI is InChI=1S/C23H24N8O2S2/c1-14-20(22(32)30-24-14)28-26-16-8-3-5-10-18(16)34-12-7-13-35-19-11-6-4-9-17(19)27-29-21-15(2)25-31-23(21)33/h3-6,8-11H,7,12-13H2,1-2H3,(H2,24,30,32)(H2,25,31,33). The second kappa shape index (κ2) is 11.7. The van der Waals surface area contributed by atoms with Crippen molar-refractivity contribution in [3.63, 3.8) is 0 Å². The molecule has 10 nitrogen and oxygen atoms in total. The molecule has 0 radical (unpaired) electrons. The van der Waals surface area contributed by atoms with E-state index in [0.717, 1.165) is 39.1 Å². The molecule has 0 unspecified atom stereocenters. The molecule has 4 N–H and O–H groups in total. The van der Waals surface area contributed by atoms with Gasteiger partial charge in [0.15, 0.2) is 11.4 Å². The third kappa shape index (κ3) is 6.28. The van der Waals surface area contributed by atoms with Crippen LogP contribution in [0.15, 0.2) is 88.4 Å². The van der Waals surface area contributed by atoms with E-state index in [4.69, 9.17) is 0 Å². The van der Waals surface area contributed by atoms with E-state index in [1.165, 1.54) is 0 Å². The Balaban J connectivity index is 1.33. The zero-order valence-electron chi connectivity index (χ0n) is 19.2. The van der Waals surface area contributed by atoms with Crippen molar-refractivity contribution in [3.8, 4) is 0 Å². The Bertz CT molecular complexity index is 1350. The number of aromatic nitrogens is 4. The molecule has 4 rings (SSSR count). The van der Waals surface area contributed by atoms with Gasteiger partial charge in [0, 0.05) is 9.79 Å². The molecule has 0 aliphatic carbocycles. The minimum Gasteiger partial charge on any atom is -0.300 e. The van der Waals surface area contributed by atoms with Gasteiger partial charge in [0.05, 0.1) is 22.8 Å². The number of aromatic amines is 4. The predicted molar refractivity (Wildman–Crippen MR) is 140 cm³/mol. The minimum atomic E-state index is -0.289. The number of rotatable bonds is 10. The van der Waals surface area contributed by atoms with Gasteiger partial charge >= 0.3 is 0 Å². The molecule has 2 heterocycles. The van der Waals surface area contributed by atoms with Crippen LogP contribution in [-0.4, -0.2) is 31.9 Å². The summed E-state index contributed by atoms with van der Waals surface area (Å²) in [7, 11) is 0. The van der Waals surface area contributed by atoms with Gasteiger partial charge in [0.25, 0.3) is 11.1 Å². The molecule has 0 saturated heterocycles. The first kappa shape index (κ1) is 24.5. The number of nitrogens with zero attached hydrogens (tertiary/aromatic N) is 4. The van der Waals surface area contributed by atoms with Crippen molar-refractivity contribution in [2.75, 3.05) is 11.5 Å². The highest BCUT2D eigenvalue weighted by atomic mass is 32.2. The maximum absolute atomic E-state index is 11.8. The highest BCUT2D eigenvalue weighted by molar-refractivity contribution is 8.00. The number of thioether (sulfide) groups is 2. The fourth-order valence-corrected chi connectivity index (χ4v) is 5.14. The van der Waals surface area contributed by atoms with Gasteiger partial charge in [0.2, 0.25) is 0 Å². The molecule has 0 aliphatic rings. The fraction of sp³-hybridized carbons (Fsp3) is 0.217. The molecular formula is C23H24N8O2S2. The number of azo groups is 2. The lowest BCUT2D eigenvalue weighted by Gasteiger charge is -2.06. The molecule has 0 fully saturated rings. The molecule has 0 bridgehead atoms. The van der Waals surface area contributed by atoms with Crippen LogP contribution in [-0.2, 0) is 0 Å². The van der Waals surface area contributed by atoms with Crippen molar-refractivity contribution in [1.82, 2.24) is 20.4 Å². The third-order valence-electron chi connectivity index (χ3n) is 4.92. The van der Waals surface area contributed by atoms with Crippen LogP contribution in [0.3, 0.4) is 0 Å². The summed E-state index contributed by atoms with van der Waals surface area (Å²) in [4.78, 5) is 25.6. The van der Waals surface area contributed by atoms with Crippen molar-refractivity contribution in [2.24, 2.45) is 20.5 Å². The van der Waals surface area contributed by atoms with Gasteiger partial charge in [-0.3, -0.25) is 19.8 Å². The Morgan fingerprint density at radius 3 is 1.46 bits per heavy atom. The molecule has 0 amide bonds. The lowest BCUT2D eigenvalue weighted by atomic mass is 10.3. The van der Waals surface area contributed by atoms with Crippen molar-refractivity contribution >= 4 is 46.3 Å². The second-order valence-electron chi connectivity index (χ2n) is 7.49. The first-order chi connectivity index (χ1) is 17.0. The SMILES string of the molecule is Cc1[nH][nH]c(=O)c1N=Nc1ccccc1SCCCSc1ccccc1N=Nc1c(C)[nH][nH]c1=O. The summed E-state index contributed by atoms with van der Waals surface area (Å²) < 4.78 is 0. The van der Waals surface area contributed by atoms with E-state index < -0.39 is 0 Å². The monoisotopic (exact) mass is 508 g/mol. The van der Waals surface area contributed by atoms with Crippen molar-refractivity contribution < 1.29 is 0 Å². The Hall–Kier alpha value is -3.64. The van der Waals surface area contributed by atoms with Gasteiger partial charge in [-0.2, -0.15) is 0 Å². The van der Waals surface area contributed by atoms with Gasteiger partial charge in [0.1, 0.15) is 0 Å². The van der Waals surface area contributed by atoms with E-state index in [9.17, 15) is 9.59 Å². The summed E-state index contributed by atoms with van der Waals surface area (Å²) in [5.41, 5.74) is 2.75. The Labute approximate surface area is 209 Å². The quantitative estimate of drug-likeness (QED) is 0.111. The summed E-state index contributed by atoms with van der Waals surface area (Å²) in [6.45, 7) is 3.54. The van der Waals surface area contributed by atoms with Gasteiger partial charge in [-0.1, -0.05) is 24.3 Å². The Kier molecular flexibility index (Phi) is 8.16. The minimum absolute atomic E-state index is 0.285. The molecule has 4 aromatic rings. The molecule has 0 aliphatic heterocycles. The summed E-state index contributed by atoms with van der Waals surface area (Å²) in [5.74, 6) is 1.79. The van der Waals surface area contributed by atoms with Gasteiger partial charge < -0.3 is 10.2 Å². The zero-order chi connectivity index (χ0) is 24.6. The van der Waals surface area contributed by atoms with E-state index >= 15 is 0 Å². The number of hydrogen-bond donors (Lipinski definition) is 4. The summed E-state index contributed by atoms with van der Waals surface area (Å²) in [6.07, 6.45) is 0.958. The van der Waals surface area contributed by atoms with Crippen LogP contribution in [0.1, 0.15) is 17.8 Å². The van der Waals surface area contributed by atoms with E-state index in [1.807, 2.05) is 48.5 Å². The van der Waals surface area contributed by atoms with Gasteiger partial charge in [-0.15, -0.1) is 44.0 Å². The first-order valence-electron chi connectivity index (χ1n) is 10.8. The van der Waals surface area contributed by atoms with Crippen LogP contribution >= 0.6 is 23.5 Å². The van der Waals surface area contributed by atoms with E-state index in [2.05, 4.69) is 40.9 Å². The van der Waals surface area contributed by atoms with Gasteiger partial charge in [-0.25, -0.2) is 0 Å². The number of nitrogens with one attached hydrogen (secondary N) is 4. The molecule has 2 aromatic carbocycles. The lowest BCUT2D eigenvalue weighted by molar-refractivity contribution is 1.02. The molecule has 0 atom stereocenters. The first-order valence-corrected chi connectivity index (χ1v) is 12.8. The number of H-pyrrole nitrogens is 4. The molecule has 0 spiro atoms. The smallest absolute Gasteiger partial charge is 0.291 e. The predicted octanol–water partition coefficient (Wildman–Crippen LogP) is 6.44. The van der Waals surface area contributed by atoms with Crippen molar-refractivity contribution in [3.05, 3.63) is 80.6 Å². The number of aryl methyl sites for hydroxylation is 2. The fourth-order valence-electron chi connectivity index (χ4n) is 3.07. The summed E-state index contributed by atoms with van der Waals surface area (Å²) in [5, 5.41) is 27.3. The maximum Gasteiger partial charge on any atom is 0.291 e. The number of hydrogen-bond acceptors (Lipinski definition) is 8. The second-order valence-corrected chi connectivity index (χ2v) is 9.76. The maximum atomic E-state index is 11.8. The van der Waals surface area contributed by atoms with Crippen LogP contribution in [0, 0.1) is 13.8 Å². The van der Waals surface area contributed by atoms with Gasteiger partial charge in [-0.05, 0) is 56.0 Å².